The van der Waals surface area contributed by atoms with Gasteiger partial charge in [-0.1, -0.05) is 12.8 Å². The van der Waals surface area contributed by atoms with Gasteiger partial charge in [-0.05, 0) is 25.7 Å². The van der Waals surface area contributed by atoms with Crippen LogP contribution in [0, 0.1) is 5.92 Å². The minimum absolute atomic E-state index is 0.175. The third kappa shape index (κ3) is 2.19. The van der Waals surface area contributed by atoms with E-state index in [4.69, 9.17) is 10.8 Å². The molecule has 0 aromatic carbocycles. The van der Waals surface area contributed by atoms with E-state index in [0.717, 1.165) is 19.3 Å². The number of carbonyl (C=O) groups excluding carboxylic acids is 1. The maximum absolute atomic E-state index is 11.7. The molecule has 5 heteroatoms. The first kappa shape index (κ1) is 11.4. The Kier molecular flexibility index (Phi) is 2.88. The molecule has 2 aliphatic rings. The monoisotopic (exact) mass is 226 g/mol. The van der Waals surface area contributed by atoms with Gasteiger partial charge < -0.3 is 16.2 Å². The molecule has 0 saturated heterocycles. The zero-order valence-corrected chi connectivity index (χ0v) is 9.24. The van der Waals surface area contributed by atoms with Crippen LogP contribution in [0.1, 0.15) is 38.5 Å². The van der Waals surface area contributed by atoms with Crippen LogP contribution >= 0.6 is 0 Å². The normalized spacial score (nSPS) is 31.8. The van der Waals surface area contributed by atoms with Gasteiger partial charge in [-0.3, -0.25) is 9.59 Å². The van der Waals surface area contributed by atoms with E-state index >= 15 is 0 Å². The summed E-state index contributed by atoms with van der Waals surface area (Å²) < 4.78 is 0. The second-order valence-corrected chi connectivity index (χ2v) is 4.97. The average Bonchev–Trinajstić information content (AvgIpc) is 2.98. The number of nitrogens with two attached hydrogens (primary N) is 1. The van der Waals surface area contributed by atoms with Crippen molar-refractivity contribution in [3.05, 3.63) is 0 Å². The lowest BCUT2D eigenvalue weighted by Gasteiger charge is -2.30. The van der Waals surface area contributed by atoms with Gasteiger partial charge in [0.2, 0.25) is 5.91 Å². The molecule has 0 heterocycles. The molecule has 2 atom stereocenters. The van der Waals surface area contributed by atoms with Crippen LogP contribution in [-0.4, -0.2) is 28.6 Å². The van der Waals surface area contributed by atoms with Crippen molar-refractivity contribution in [1.82, 2.24) is 5.32 Å². The minimum Gasteiger partial charge on any atom is -0.481 e. The van der Waals surface area contributed by atoms with E-state index in [-0.39, 0.29) is 11.9 Å². The highest BCUT2D eigenvalue weighted by Crippen LogP contribution is 2.33. The Labute approximate surface area is 94.4 Å². The Bertz CT molecular complexity index is 312. The standard InChI is InChI=1S/C11H18N2O3/c12-11(5-6-11)10(16)13-8-4-2-1-3-7(8)9(14)15/h7-8H,1-6,12H2,(H,13,16)(H,14,15). The van der Waals surface area contributed by atoms with E-state index in [1.807, 2.05) is 0 Å². The molecule has 2 fully saturated rings. The van der Waals surface area contributed by atoms with Gasteiger partial charge in [0.05, 0.1) is 11.5 Å². The Morgan fingerprint density at radius 1 is 1.25 bits per heavy atom. The number of carbonyl (C=O) groups is 2. The molecule has 0 aromatic heterocycles. The van der Waals surface area contributed by atoms with E-state index in [2.05, 4.69) is 5.32 Å². The van der Waals surface area contributed by atoms with Gasteiger partial charge in [-0.2, -0.15) is 0 Å². The fourth-order valence-corrected chi connectivity index (χ4v) is 2.27. The number of nitrogens with one attached hydrogen (secondary N) is 1. The molecule has 0 spiro atoms. The molecule has 2 aliphatic carbocycles. The highest BCUT2D eigenvalue weighted by atomic mass is 16.4. The maximum Gasteiger partial charge on any atom is 0.308 e. The van der Waals surface area contributed by atoms with Crippen molar-refractivity contribution in [3.8, 4) is 0 Å². The third-order valence-electron chi connectivity index (χ3n) is 3.64. The summed E-state index contributed by atoms with van der Waals surface area (Å²) >= 11 is 0. The first-order chi connectivity index (χ1) is 7.53. The summed E-state index contributed by atoms with van der Waals surface area (Å²) in [5.41, 5.74) is 5.06. The highest BCUT2D eigenvalue weighted by molar-refractivity contribution is 5.89. The summed E-state index contributed by atoms with van der Waals surface area (Å²) in [6.45, 7) is 0. The molecule has 2 rings (SSSR count). The summed E-state index contributed by atoms with van der Waals surface area (Å²) in [5, 5.41) is 11.9. The molecule has 0 aliphatic heterocycles. The molecule has 0 aromatic rings. The van der Waals surface area contributed by atoms with Crippen LogP contribution in [0.25, 0.3) is 0 Å². The SMILES string of the molecule is NC1(C(=O)NC2CCCCC2C(=O)O)CC1. The second-order valence-electron chi connectivity index (χ2n) is 4.97. The smallest absolute Gasteiger partial charge is 0.308 e. The van der Waals surface area contributed by atoms with Crippen LogP contribution in [0.2, 0.25) is 0 Å². The Hall–Kier alpha value is -1.10. The predicted molar refractivity (Wildman–Crippen MR) is 57.7 cm³/mol. The van der Waals surface area contributed by atoms with Gasteiger partial charge in [0.15, 0.2) is 0 Å². The van der Waals surface area contributed by atoms with Gasteiger partial charge in [0.25, 0.3) is 0 Å². The second kappa shape index (κ2) is 4.05. The molecule has 16 heavy (non-hydrogen) atoms. The summed E-state index contributed by atoms with van der Waals surface area (Å²) in [6, 6.07) is -0.236. The molecule has 4 N–H and O–H groups in total. The van der Waals surface area contributed by atoms with Crippen LogP contribution in [0.5, 0.6) is 0 Å². The quantitative estimate of drug-likeness (QED) is 0.642. The van der Waals surface area contributed by atoms with Crippen LogP contribution in [0.3, 0.4) is 0 Å². The van der Waals surface area contributed by atoms with Crippen molar-refractivity contribution in [2.45, 2.75) is 50.1 Å². The summed E-state index contributed by atoms with van der Waals surface area (Å²) in [6.07, 6.45) is 4.73. The Morgan fingerprint density at radius 2 is 1.88 bits per heavy atom. The van der Waals surface area contributed by atoms with E-state index in [1.165, 1.54) is 0 Å². The van der Waals surface area contributed by atoms with E-state index in [9.17, 15) is 9.59 Å². The average molecular weight is 226 g/mol. The largest absolute Gasteiger partial charge is 0.481 e. The van der Waals surface area contributed by atoms with E-state index in [1.54, 1.807) is 0 Å². The van der Waals surface area contributed by atoms with Gasteiger partial charge >= 0.3 is 5.97 Å². The molecular weight excluding hydrogens is 208 g/mol. The van der Waals surface area contributed by atoms with Gasteiger partial charge in [-0.25, -0.2) is 0 Å². The van der Waals surface area contributed by atoms with Crippen LogP contribution in [0.15, 0.2) is 0 Å². The predicted octanol–water partition coefficient (Wildman–Crippen LogP) is 0.237. The van der Waals surface area contributed by atoms with Crippen LogP contribution in [0.4, 0.5) is 0 Å². The first-order valence-corrected chi connectivity index (χ1v) is 5.85. The zero-order chi connectivity index (χ0) is 11.8. The number of carboxylic acids is 1. The number of hydrogen-bond donors (Lipinski definition) is 3. The number of aliphatic carboxylic acids is 1. The third-order valence-corrected chi connectivity index (χ3v) is 3.64. The van der Waals surface area contributed by atoms with Crippen LogP contribution in [-0.2, 0) is 9.59 Å². The summed E-state index contributed by atoms with van der Waals surface area (Å²) in [7, 11) is 0. The lowest BCUT2D eigenvalue weighted by atomic mass is 9.84. The Balaban J connectivity index is 1.96. The molecule has 0 bridgehead atoms. The Morgan fingerprint density at radius 3 is 2.44 bits per heavy atom. The van der Waals surface area contributed by atoms with Crippen LogP contribution < -0.4 is 11.1 Å². The van der Waals surface area contributed by atoms with E-state index in [0.29, 0.717) is 19.3 Å². The summed E-state index contributed by atoms with van der Waals surface area (Å²) in [5.74, 6) is -1.43. The lowest BCUT2D eigenvalue weighted by molar-refractivity contribution is -0.144. The zero-order valence-electron chi connectivity index (χ0n) is 9.24. The fraction of sp³-hybridized carbons (Fsp3) is 0.818. The summed E-state index contributed by atoms with van der Waals surface area (Å²) in [4.78, 5) is 22.8. The minimum atomic E-state index is -0.813. The van der Waals surface area contributed by atoms with Crippen molar-refractivity contribution in [2.24, 2.45) is 11.7 Å². The molecule has 5 nitrogen and oxygen atoms in total. The number of rotatable bonds is 3. The van der Waals surface area contributed by atoms with Crippen molar-refractivity contribution in [1.29, 1.82) is 0 Å². The van der Waals surface area contributed by atoms with Crippen molar-refractivity contribution >= 4 is 11.9 Å². The molecule has 1 amide bonds. The van der Waals surface area contributed by atoms with Crippen molar-refractivity contribution < 1.29 is 14.7 Å². The van der Waals surface area contributed by atoms with Gasteiger partial charge in [0, 0.05) is 6.04 Å². The lowest BCUT2D eigenvalue weighted by Crippen LogP contribution is -2.51. The number of carboxylic acid groups (broad SMARTS) is 1. The molecule has 90 valence electrons. The highest BCUT2D eigenvalue weighted by Gasteiger charge is 2.47. The number of hydrogen-bond acceptors (Lipinski definition) is 3. The fourth-order valence-electron chi connectivity index (χ4n) is 2.27. The van der Waals surface area contributed by atoms with Gasteiger partial charge in [0.1, 0.15) is 0 Å². The topological polar surface area (TPSA) is 92.4 Å². The van der Waals surface area contributed by atoms with Crippen molar-refractivity contribution in [3.63, 3.8) is 0 Å². The number of amides is 1. The first-order valence-electron chi connectivity index (χ1n) is 5.85. The maximum atomic E-state index is 11.7. The molecule has 2 unspecified atom stereocenters. The van der Waals surface area contributed by atoms with Gasteiger partial charge in [-0.15, -0.1) is 0 Å². The molecular formula is C11H18N2O3. The van der Waals surface area contributed by atoms with E-state index < -0.39 is 17.4 Å². The molecule has 2 saturated carbocycles. The molecule has 0 radical (unpaired) electrons. The van der Waals surface area contributed by atoms with Crippen molar-refractivity contribution in [2.75, 3.05) is 0 Å².